The van der Waals surface area contributed by atoms with Crippen molar-refractivity contribution in [2.75, 3.05) is 36.6 Å². The van der Waals surface area contributed by atoms with Crippen LogP contribution in [0.15, 0.2) is 0 Å². The zero-order valence-corrected chi connectivity index (χ0v) is 12.2. The van der Waals surface area contributed by atoms with Gasteiger partial charge in [0, 0.05) is 19.3 Å². The average Bonchev–Trinajstić information content (AvgIpc) is 2.15. The van der Waals surface area contributed by atoms with Gasteiger partial charge >= 0.3 is 0 Å². The van der Waals surface area contributed by atoms with E-state index in [-0.39, 0.29) is 17.3 Å². The maximum absolute atomic E-state index is 11.5. The van der Waals surface area contributed by atoms with Crippen molar-refractivity contribution in [1.29, 1.82) is 0 Å². The first-order chi connectivity index (χ1) is 7.77. The number of rotatable bonds is 10. The van der Waals surface area contributed by atoms with Crippen molar-refractivity contribution in [1.82, 2.24) is 5.32 Å². The Morgan fingerprint density at radius 2 is 1.47 bits per heavy atom. The molecule has 1 N–H and O–H groups in total. The Balaban J connectivity index is 3.66. The van der Waals surface area contributed by atoms with Crippen LogP contribution >= 0.6 is 0 Å². The molecule has 0 atom stereocenters. The molecule has 0 aliphatic rings. The van der Waals surface area contributed by atoms with Crippen molar-refractivity contribution in [3.63, 3.8) is 0 Å². The summed E-state index contributed by atoms with van der Waals surface area (Å²) in [5.41, 5.74) is 0. The van der Waals surface area contributed by atoms with E-state index < -0.39 is 19.7 Å². The third-order valence-electron chi connectivity index (χ3n) is 2.30. The van der Waals surface area contributed by atoms with Gasteiger partial charge in [0.15, 0.2) is 9.84 Å². The molecule has 0 amide bonds. The molecule has 0 radical (unpaired) electrons. The van der Waals surface area contributed by atoms with Crippen LogP contribution in [0.5, 0.6) is 0 Å². The second-order valence-corrected chi connectivity index (χ2v) is 8.80. The Morgan fingerprint density at radius 3 is 2.00 bits per heavy atom. The molecule has 0 spiro atoms. The molecule has 0 bridgehead atoms. The van der Waals surface area contributed by atoms with Crippen LogP contribution in [0, 0.1) is 0 Å². The zero-order chi connectivity index (χ0) is 13.4. The van der Waals surface area contributed by atoms with Crippen molar-refractivity contribution < 1.29 is 16.8 Å². The Labute approximate surface area is 105 Å². The first kappa shape index (κ1) is 16.9. The summed E-state index contributed by atoms with van der Waals surface area (Å²) in [4.78, 5) is 0. The standard InChI is InChI=1S/C10H23NO4S2/c1-3-4-5-8-17(14,15)10-7-11-6-9-16(2,12)13/h11H,3-10H2,1-2H3. The van der Waals surface area contributed by atoms with Crippen LogP contribution in [0.2, 0.25) is 0 Å². The highest BCUT2D eigenvalue weighted by molar-refractivity contribution is 7.91. The molecular weight excluding hydrogens is 262 g/mol. The largest absolute Gasteiger partial charge is 0.315 e. The first-order valence-corrected chi connectivity index (χ1v) is 9.74. The van der Waals surface area contributed by atoms with Gasteiger partial charge in [0.2, 0.25) is 0 Å². The summed E-state index contributed by atoms with van der Waals surface area (Å²) in [7, 11) is -5.95. The maximum atomic E-state index is 11.5. The molecule has 0 aliphatic heterocycles. The minimum Gasteiger partial charge on any atom is -0.315 e. The molecule has 0 fully saturated rings. The lowest BCUT2D eigenvalue weighted by Crippen LogP contribution is -2.28. The fraction of sp³-hybridized carbons (Fsp3) is 1.00. The SMILES string of the molecule is CCCCCS(=O)(=O)CCNCCS(C)(=O)=O. The summed E-state index contributed by atoms with van der Waals surface area (Å²) in [5, 5.41) is 2.83. The molecule has 5 nitrogen and oxygen atoms in total. The Kier molecular flexibility index (Phi) is 7.98. The van der Waals surface area contributed by atoms with E-state index in [0.717, 1.165) is 19.1 Å². The molecule has 7 heteroatoms. The van der Waals surface area contributed by atoms with Crippen LogP contribution < -0.4 is 5.32 Å². The van der Waals surface area contributed by atoms with Gasteiger partial charge in [-0.15, -0.1) is 0 Å². The third kappa shape index (κ3) is 12.1. The second-order valence-electron chi connectivity index (χ2n) is 4.24. The number of sulfone groups is 2. The van der Waals surface area contributed by atoms with Gasteiger partial charge in [0.25, 0.3) is 0 Å². The molecule has 0 heterocycles. The van der Waals surface area contributed by atoms with E-state index >= 15 is 0 Å². The van der Waals surface area contributed by atoms with Gasteiger partial charge in [-0.05, 0) is 6.42 Å². The number of hydrogen-bond acceptors (Lipinski definition) is 5. The van der Waals surface area contributed by atoms with E-state index in [0.29, 0.717) is 19.5 Å². The van der Waals surface area contributed by atoms with E-state index in [1.54, 1.807) is 0 Å². The fourth-order valence-electron chi connectivity index (χ4n) is 1.28. The molecule has 17 heavy (non-hydrogen) atoms. The average molecular weight is 285 g/mol. The van der Waals surface area contributed by atoms with Gasteiger partial charge in [-0.1, -0.05) is 19.8 Å². The lowest BCUT2D eigenvalue weighted by molar-refractivity contribution is 0.586. The lowest BCUT2D eigenvalue weighted by atomic mass is 10.3. The lowest BCUT2D eigenvalue weighted by Gasteiger charge is -2.05. The van der Waals surface area contributed by atoms with Crippen LogP contribution in [0.4, 0.5) is 0 Å². The molecule has 0 aromatic carbocycles. The van der Waals surface area contributed by atoms with Crippen LogP contribution in [-0.4, -0.2) is 53.4 Å². The van der Waals surface area contributed by atoms with Gasteiger partial charge in [0.1, 0.15) is 9.84 Å². The van der Waals surface area contributed by atoms with Gasteiger partial charge in [-0.2, -0.15) is 0 Å². The number of nitrogens with one attached hydrogen (secondary N) is 1. The highest BCUT2D eigenvalue weighted by atomic mass is 32.2. The Bertz CT molecular complexity index is 387. The predicted octanol–water partition coefficient (Wildman–Crippen LogP) is 0.226. The van der Waals surface area contributed by atoms with E-state index in [2.05, 4.69) is 5.32 Å². The molecule has 0 unspecified atom stereocenters. The maximum Gasteiger partial charge on any atom is 0.151 e. The predicted molar refractivity (Wildman–Crippen MR) is 70.8 cm³/mol. The summed E-state index contributed by atoms with van der Waals surface area (Å²) in [6.45, 7) is 2.66. The van der Waals surface area contributed by atoms with Crippen LogP contribution in [0.25, 0.3) is 0 Å². The van der Waals surface area contributed by atoms with Crippen molar-refractivity contribution in [3.8, 4) is 0 Å². The van der Waals surface area contributed by atoms with Crippen LogP contribution in [0.1, 0.15) is 26.2 Å². The Morgan fingerprint density at radius 1 is 0.882 bits per heavy atom. The summed E-state index contributed by atoms with van der Waals surface area (Å²) in [6.07, 6.45) is 3.81. The van der Waals surface area contributed by atoms with E-state index in [1.807, 2.05) is 6.92 Å². The quantitative estimate of drug-likeness (QED) is 0.581. The van der Waals surface area contributed by atoms with Gasteiger partial charge < -0.3 is 5.32 Å². The van der Waals surface area contributed by atoms with Gasteiger partial charge in [-0.25, -0.2) is 16.8 Å². The highest BCUT2D eigenvalue weighted by Crippen LogP contribution is 1.99. The molecule has 0 rings (SSSR count). The van der Waals surface area contributed by atoms with E-state index in [4.69, 9.17) is 0 Å². The highest BCUT2D eigenvalue weighted by Gasteiger charge is 2.09. The van der Waals surface area contributed by atoms with Gasteiger partial charge in [0.05, 0.1) is 17.3 Å². The topological polar surface area (TPSA) is 80.3 Å². The molecule has 0 aromatic heterocycles. The summed E-state index contributed by atoms with van der Waals surface area (Å²) in [5.74, 6) is 0.359. The van der Waals surface area contributed by atoms with Crippen molar-refractivity contribution in [2.45, 2.75) is 26.2 Å². The minimum atomic E-state index is -2.98. The monoisotopic (exact) mass is 285 g/mol. The summed E-state index contributed by atoms with van der Waals surface area (Å²) < 4.78 is 44.6. The van der Waals surface area contributed by atoms with Crippen molar-refractivity contribution in [2.24, 2.45) is 0 Å². The van der Waals surface area contributed by atoms with Gasteiger partial charge in [-0.3, -0.25) is 0 Å². The molecular formula is C10H23NO4S2. The third-order valence-corrected chi connectivity index (χ3v) is 4.98. The molecule has 0 saturated carbocycles. The summed E-state index contributed by atoms with van der Waals surface area (Å²) in [6, 6.07) is 0. The zero-order valence-electron chi connectivity index (χ0n) is 10.6. The molecule has 0 saturated heterocycles. The van der Waals surface area contributed by atoms with E-state index in [9.17, 15) is 16.8 Å². The normalized spacial score (nSPS) is 12.8. The smallest absolute Gasteiger partial charge is 0.151 e. The fourth-order valence-corrected chi connectivity index (χ4v) is 3.10. The van der Waals surface area contributed by atoms with Crippen LogP contribution in [-0.2, 0) is 19.7 Å². The minimum absolute atomic E-state index is 0.0445. The van der Waals surface area contributed by atoms with E-state index in [1.165, 1.54) is 0 Å². The Hall–Kier alpha value is -0.140. The second kappa shape index (κ2) is 8.05. The van der Waals surface area contributed by atoms with Crippen molar-refractivity contribution in [3.05, 3.63) is 0 Å². The number of hydrogen-bond donors (Lipinski definition) is 1. The molecule has 0 aromatic rings. The number of unbranched alkanes of at least 4 members (excludes halogenated alkanes) is 2. The first-order valence-electron chi connectivity index (χ1n) is 5.86. The van der Waals surface area contributed by atoms with Crippen molar-refractivity contribution >= 4 is 19.7 Å². The van der Waals surface area contributed by atoms with Crippen LogP contribution in [0.3, 0.4) is 0 Å². The summed E-state index contributed by atoms with van der Waals surface area (Å²) >= 11 is 0. The molecule has 104 valence electrons. The molecule has 0 aliphatic carbocycles.